The van der Waals surface area contributed by atoms with Gasteiger partial charge in [0.25, 0.3) is 0 Å². The molecule has 22 heavy (non-hydrogen) atoms. The first-order valence-corrected chi connectivity index (χ1v) is 7.38. The van der Waals surface area contributed by atoms with Crippen LogP contribution in [0.5, 0.6) is 5.75 Å². The Labute approximate surface area is 133 Å². The topological polar surface area (TPSA) is 67.4 Å². The average molecular weight is 320 g/mol. The van der Waals surface area contributed by atoms with E-state index in [0.717, 1.165) is 11.3 Å². The zero-order valence-corrected chi connectivity index (χ0v) is 14.1. The van der Waals surface area contributed by atoms with E-state index in [1.807, 2.05) is 38.1 Å². The summed E-state index contributed by atoms with van der Waals surface area (Å²) in [7, 11) is 4.06. The molecule has 0 aliphatic rings. The van der Waals surface area contributed by atoms with Gasteiger partial charge in [-0.05, 0) is 37.7 Å². The fourth-order valence-corrected chi connectivity index (χ4v) is 2.28. The summed E-state index contributed by atoms with van der Waals surface area (Å²) in [5, 5.41) is 5.99. The van der Waals surface area contributed by atoms with E-state index in [1.165, 1.54) is 0 Å². The molecule has 0 spiro atoms. The molecular weight excluding hydrogens is 299 g/mol. The molecule has 6 heteroatoms. The molecule has 118 valence electrons. The van der Waals surface area contributed by atoms with Crippen LogP contribution in [-0.4, -0.2) is 19.2 Å². The number of Topliss-reactive ketones (excluding diaryl/α,β-unsaturated/α-hetero) is 1. The highest BCUT2D eigenvalue weighted by Crippen LogP contribution is 2.21. The zero-order chi connectivity index (χ0) is 16.5. The third-order valence-electron chi connectivity index (χ3n) is 2.98. The van der Waals surface area contributed by atoms with Crippen molar-refractivity contribution in [3.8, 4) is 5.75 Å². The van der Waals surface area contributed by atoms with E-state index in [-0.39, 0.29) is 18.0 Å². The lowest BCUT2D eigenvalue weighted by molar-refractivity contribution is -0.127. The summed E-state index contributed by atoms with van der Waals surface area (Å²) < 4.78 is 5.20. The number of hydrogen-bond donors (Lipinski definition) is 2. The maximum absolute atomic E-state index is 11.7. The van der Waals surface area contributed by atoms with Gasteiger partial charge in [0.05, 0.1) is 12.5 Å². The summed E-state index contributed by atoms with van der Waals surface area (Å²) in [6.45, 7) is 3.77. The Balaban J connectivity index is 2.98. The van der Waals surface area contributed by atoms with Gasteiger partial charge in [0.2, 0.25) is 5.78 Å². The highest BCUT2D eigenvalue weighted by Gasteiger charge is 2.14. The summed E-state index contributed by atoms with van der Waals surface area (Å²) in [5.74, 6) is 0.144. The number of hydrogen-bond acceptors (Lipinski definition) is 5. The molecule has 0 bridgehead atoms. The van der Waals surface area contributed by atoms with Gasteiger partial charge in [-0.1, -0.05) is 27.4 Å². The normalized spacial score (nSPS) is 13.3. The van der Waals surface area contributed by atoms with Crippen LogP contribution < -0.4 is 15.4 Å². The molecule has 0 saturated carbocycles. The van der Waals surface area contributed by atoms with Gasteiger partial charge < -0.3 is 15.4 Å². The number of ether oxygens (including phenoxy) is 1. The number of carbonyl (C=O) groups is 2. The Hall–Kier alpha value is -2.13. The molecule has 0 radical (unpaired) electrons. The highest BCUT2D eigenvalue weighted by atomic mass is 31.0. The molecule has 2 atom stereocenters. The molecule has 0 aromatic heterocycles. The van der Waals surface area contributed by atoms with Crippen molar-refractivity contribution in [2.75, 3.05) is 7.11 Å². The van der Waals surface area contributed by atoms with Crippen LogP contribution in [0, 0.1) is 0 Å². The van der Waals surface area contributed by atoms with E-state index in [2.05, 4.69) is 19.9 Å². The zero-order valence-electron chi connectivity index (χ0n) is 12.9. The number of benzene rings is 1. The number of methoxy groups -OCH3 is 1. The minimum atomic E-state index is -0.617. The Bertz CT molecular complexity index is 597. The smallest absolute Gasteiger partial charge is 0.243 e. The lowest BCUT2D eigenvalue weighted by Crippen LogP contribution is -2.24. The molecule has 0 saturated heterocycles. The predicted molar refractivity (Wildman–Crippen MR) is 90.3 cm³/mol. The lowest BCUT2D eigenvalue weighted by Gasteiger charge is -2.18. The third kappa shape index (κ3) is 5.01. The first kappa shape index (κ1) is 17.9. The second-order valence-corrected chi connectivity index (χ2v) is 5.14. The van der Waals surface area contributed by atoms with E-state index in [0.29, 0.717) is 5.44 Å². The van der Waals surface area contributed by atoms with Crippen LogP contribution in [-0.2, 0) is 9.59 Å². The van der Waals surface area contributed by atoms with Crippen molar-refractivity contribution in [2.24, 2.45) is 0 Å². The van der Waals surface area contributed by atoms with Crippen LogP contribution >= 0.6 is 9.24 Å². The van der Waals surface area contributed by atoms with Crippen LogP contribution in [0.2, 0.25) is 0 Å². The van der Waals surface area contributed by atoms with Gasteiger partial charge in [-0.3, -0.25) is 9.59 Å². The first-order valence-electron chi connectivity index (χ1n) is 6.80. The number of carbonyl (C=O) groups excluding carboxylic acids is 2. The van der Waals surface area contributed by atoms with Crippen molar-refractivity contribution in [1.82, 2.24) is 10.6 Å². The van der Waals surface area contributed by atoms with Crippen LogP contribution in [0.1, 0.15) is 25.5 Å². The van der Waals surface area contributed by atoms with E-state index in [9.17, 15) is 9.59 Å². The minimum Gasteiger partial charge on any atom is -0.497 e. The molecule has 0 aliphatic heterocycles. The summed E-state index contributed by atoms with van der Waals surface area (Å²) in [6.07, 6.45) is 3.62. The summed E-state index contributed by atoms with van der Waals surface area (Å²) in [4.78, 5) is 22.4. The standard InChI is InChI=1S/C16H21N2O3P/c1-4-8-17-15(14(20)10-19)16(22)18-11(2)12-6-5-7-13(9-12)21-3/h4-11,17-18H,22H2,1-3H3/b8-4+,16-15+/t11-/m1/s1. The molecular formula is C16H21N2O3P. The maximum atomic E-state index is 11.7. The summed E-state index contributed by atoms with van der Waals surface area (Å²) in [6, 6.07) is 7.57. The minimum absolute atomic E-state index is 0.0653. The average Bonchev–Trinajstić information content (AvgIpc) is 2.54. The van der Waals surface area contributed by atoms with Crippen LogP contribution in [0.25, 0.3) is 0 Å². The fraction of sp³-hybridized carbons (Fsp3) is 0.250. The van der Waals surface area contributed by atoms with E-state index in [1.54, 1.807) is 19.4 Å². The monoisotopic (exact) mass is 320 g/mol. The van der Waals surface area contributed by atoms with Gasteiger partial charge in [0, 0.05) is 6.04 Å². The highest BCUT2D eigenvalue weighted by molar-refractivity contribution is 7.22. The van der Waals surface area contributed by atoms with Gasteiger partial charge in [-0.2, -0.15) is 0 Å². The Morgan fingerprint density at radius 2 is 2.14 bits per heavy atom. The fourth-order valence-electron chi connectivity index (χ4n) is 1.81. The molecule has 0 aliphatic carbocycles. The van der Waals surface area contributed by atoms with Crippen LogP contribution in [0.15, 0.2) is 47.7 Å². The van der Waals surface area contributed by atoms with Crippen LogP contribution in [0.4, 0.5) is 0 Å². The number of allylic oxidation sites excluding steroid dienone is 2. The molecule has 0 amide bonds. The second-order valence-electron chi connectivity index (χ2n) is 4.56. The van der Waals surface area contributed by atoms with Crippen molar-refractivity contribution >= 4 is 21.3 Å². The van der Waals surface area contributed by atoms with Crippen molar-refractivity contribution in [3.05, 3.63) is 53.2 Å². The Morgan fingerprint density at radius 1 is 1.41 bits per heavy atom. The van der Waals surface area contributed by atoms with Crippen molar-refractivity contribution in [3.63, 3.8) is 0 Å². The maximum Gasteiger partial charge on any atom is 0.243 e. The molecule has 1 aromatic carbocycles. The van der Waals surface area contributed by atoms with Gasteiger partial charge in [0.1, 0.15) is 11.4 Å². The molecule has 1 aromatic rings. The van der Waals surface area contributed by atoms with E-state index < -0.39 is 5.78 Å². The predicted octanol–water partition coefficient (Wildman–Crippen LogP) is 2.28. The van der Waals surface area contributed by atoms with Crippen molar-refractivity contribution in [2.45, 2.75) is 19.9 Å². The third-order valence-corrected chi connectivity index (χ3v) is 3.44. The molecule has 0 fully saturated rings. The second kappa shape index (κ2) is 9.00. The number of rotatable bonds is 8. The van der Waals surface area contributed by atoms with Gasteiger partial charge in [-0.15, -0.1) is 0 Å². The van der Waals surface area contributed by atoms with Gasteiger partial charge >= 0.3 is 0 Å². The summed E-state index contributed by atoms with van der Waals surface area (Å²) >= 11 is 0. The largest absolute Gasteiger partial charge is 0.497 e. The Kier molecular flexibility index (Phi) is 7.33. The molecule has 0 heterocycles. The molecule has 1 unspecified atom stereocenters. The molecule has 5 nitrogen and oxygen atoms in total. The number of ketones is 1. The van der Waals surface area contributed by atoms with Crippen molar-refractivity contribution < 1.29 is 14.3 Å². The molecule has 2 N–H and O–H groups in total. The van der Waals surface area contributed by atoms with Gasteiger partial charge in [-0.25, -0.2) is 0 Å². The summed E-state index contributed by atoms with van der Waals surface area (Å²) in [5.41, 5.74) is 1.72. The lowest BCUT2D eigenvalue weighted by atomic mass is 10.1. The first-order chi connectivity index (χ1) is 10.5. The quantitative estimate of drug-likeness (QED) is 0.333. The van der Waals surface area contributed by atoms with Gasteiger partial charge in [0.15, 0.2) is 6.29 Å². The number of aldehydes is 1. The van der Waals surface area contributed by atoms with Crippen molar-refractivity contribution in [1.29, 1.82) is 0 Å². The number of nitrogens with one attached hydrogen (secondary N) is 2. The SMILES string of the molecule is C/C=C/N/C(C(=O)C=O)=C(/P)N[C@H](C)c1cccc(OC)c1. The van der Waals surface area contributed by atoms with Crippen LogP contribution in [0.3, 0.4) is 0 Å². The molecule has 1 rings (SSSR count). The Morgan fingerprint density at radius 3 is 2.73 bits per heavy atom. The van der Waals surface area contributed by atoms with E-state index >= 15 is 0 Å². The van der Waals surface area contributed by atoms with E-state index in [4.69, 9.17) is 4.74 Å².